The van der Waals surface area contributed by atoms with Gasteiger partial charge in [-0.25, -0.2) is 0 Å². The summed E-state index contributed by atoms with van der Waals surface area (Å²) < 4.78 is 11.2. The number of nitrogens with zero attached hydrogens (tertiary/aromatic N) is 2. The third kappa shape index (κ3) is 2.17. The molecule has 0 aliphatic carbocycles. The third-order valence-electron chi connectivity index (χ3n) is 6.57. The summed E-state index contributed by atoms with van der Waals surface area (Å²) in [5, 5.41) is 0. The van der Waals surface area contributed by atoms with E-state index in [4.69, 9.17) is 20.7 Å². The quantitative estimate of drug-likeness (QED) is 0.589. The van der Waals surface area contributed by atoms with Crippen molar-refractivity contribution in [2.45, 2.75) is 36.1 Å². The van der Waals surface area contributed by atoms with Crippen molar-refractivity contribution in [2.75, 3.05) is 21.3 Å². The van der Waals surface area contributed by atoms with Crippen molar-refractivity contribution >= 4 is 54.4 Å². The maximum atomic E-state index is 13.7. The van der Waals surface area contributed by atoms with Crippen molar-refractivity contribution in [3.05, 3.63) is 28.2 Å². The van der Waals surface area contributed by atoms with Crippen LogP contribution >= 0.6 is 15.9 Å². The van der Waals surface area contributed by atoms with Crippen LogP contribution in [-0.4, -0.2) is 58.6 Å². The van der Waals surface area contributed by atoms with Gasteiger partial charge in [0.05, 0.1) is 25.7 Å². The SMILES string of the molecule is COC(=O)[C@@]1(C)C[C@@]23C(=O)N(C)[C@@](C)(C(=O)N2C1c1cc(OC)ccc1Br)S3=S. The molecular formula is C19H21BrN2O5S2. The standard InChI is InChI=1S/C19H21BrN2O5S2/c1-17(16(25)27-5)9-19-15(24)21(3)18(2,29(19)28)14(23)22(19)13(17)11-8-10(26-4)6-7-12(11)20/h6-8,13H,9H2,1-5H3/t13?,17-,18+,19+,29?/m0/s1. The summed E-state index contributed by atoms with van der Waals surface area (Å²) in [5.41, 5.74) is -0.466. The molecule has 2 unspecified atom stereocenters. The van der Waals surface area contributed by atoms with Crippen molar-refractivity contribution in [3.63, 3.8) is 0 Å². The molecule has 0 N–H and O–H groups in total. The van der Waals surface area contributed by atoms with Crippen LogP contribution in [0.4, 0.5) is 0 Å². The second kappa shape index (κ2) is 6.24. The van der Waals surface area contributed by atoms with Gasteiger partial charge in [-0.05, 0) is 48.8 Å². The minimum Gasteiger partial charge on any atom is -0.497 e. The highest BCUT2D eigenvalue weighted by Gasteiger charge is 2.81. The fraction of sp³-hybridized carbons (Fsp3) is 0.526. The Kier molecular flexibility index (Phi) is 4.46. The topological polar surface area (TPSA) is 76.2 Å². The summed E-state index contributed by atoms with van der Waals surface area (Å²) in [7, 11) is 3.45. The monoisotopic (exact) mass is 500 g/mol. The lowest BCUT2D eigenvalue weighted by Crippen LogP contribution is -2.61. The normalized spacial score (nSPS) is 37.9. The lowest BCUT2D eigenvalue weighted by molar-refractivity contribution is -0.160. The Bertz CT molecular complexity index is 1000. The first-order chi connectivity index (χ1) is 13.5. The van der Waals surface area contributed by atoms with Gasteiger partial charge >= 0.3 is 5.97 Å². The second-order valence-corrected chi connectivity index (χ2v) is 11.8. The molecule has 2 amide bonds. The van der Waals surface area contributed by atoms with Gasteiger partial charge < -0.3 is 19.3 Å². The molecule has 7 nitrogen and oxygen atoms in total. The van der Waals surface area contributed by atoms with Crippen LogP contribution in [0.2, 0.25) is 0 Å². The van der Waals surface area contributed by atoms with E-state index in [2.05, 4.69) is 15.9 Å². The molecule has 0 saturated carbocycles. The number of hydrogen-bond donors (Lipinski definition) is 0. The molecular weight excluding hydrogens is 480 g/mol. The first-order valence-electron chi connectivity index (χ1n) is 8.97. The maximum Gasteiger partial charge on any atom is 0.314 e. The van der Waals surface area contributed by atoms with E-state index in [0.717, 1.165) is 0 Å². The molecule has 4 rings (SSSR count). The number of likely N-dealkylation sites (N-methyl/N-ethyl adjacent to an activating group) is 1. The van der Waals surface area contributed by atoms with Crippen molar-refractivity contribution < 1.29 is 23.9 Å². The van der Waals surface area contributed by atoms with Crippen molar-refractivity contribution in [3.8, 4) is 5.75 Å². The van der Waals surface area contributed by atoms with Crippen molar-refractivity contribution in [2.24, 2.45) is 5.41 Å². The molecule has 3 saturated heterocycles. The molecule has 2 bridgehead atoms. The van der Waals surface area contributed by atoms with Crippen LogP contribution in [0, 0.1) is 5.41 Å². The van der Waals surface area contributed by atoms with E-state index in [9.17, 15) is 14.4 Å². The first-order valence-corrected chi connectivity index (χ1v) is 11.9. The van der Waals surface area contributed by atoms with E-state index in [1.165, 1.54) is 12.0 Å². The molecule has 10 heteroatoms. The number of ether oxygens (including phenoxy) is 2. The average molecular weight is 501 g/mol. The highest BCUT2D eigenvalue weighted by Crippen LogP contribution is 2.66. The van der Waals surface area contributed by atoms with Gasteiger partial charge in [-0.1, -0.05) is 25.4 Å². The molecule has 1 spiro atoms. The Balaban J connectivity index is 2.02. The van der Waals surface area contributed by atoms with E-state index >= 15 is 0 Å². The molecule has 0 aromatic heterocycles. The Morgan fingerprint density at radius 1 is 1.28 bits per heavy atom. The molecule has 3 fully saturated rings. The molecule has 1 aromatic carbocycles. The number of carbonyl (C=O) groups is 3. The zero-order chi connectivity index (χ0) is 21.5. The van der Waals surface area contributed by atoms with Gasteiger partial charge in [0.1, 0.15) is 5.75 Å². The van der Waals surface area contributed by atoms with Gasteiger partial charge in [0.2, 0.25) is 0 Å². The number of piperazine rings is 1. The molecule has 0 radical (unpaired) electrons. The number of hydrogen-bond acceptors (Lipinski definition) is 6. The minimum atomic E-state index is -1.23. The van der Waals surface area contributed by atoms with Gasteiger partial charge in [0.15, 0.2) is 9.74 Å². The number of carbonyl (C=O) groups excluding carboxylic acids is 3. The minimum absolute atomic E-state index is 0.123. The second-order valence-electron chi connectivity index (χ2n) is 7.95. The van der Waals surface area contributed by atoms with Crippen molar-refractivity contribution in [1.29, 1.82) is 0 Å². The van der Waals surface area contributed by atoms with E-state index in [-0.39, 0.29) is 18.2 Å². The van der Waals surface area contributed by atoms with Crippen molar-refractivity contribution in [1.82, 2.24) is 9.80 Å². The summed E-state index contributed by atoms with van der Waals surface area (Å²) in [6.45, 7) is 3.47. The predicted octanol–water partition coefficient (Wildman–Crippen LogP) is 1.89. The van der Waals surface area contributed by atoms with E-state index in [1.807, 2.05) is 0 Å². The number of amides is 2. The van der Waals surface area contributed by atoms with Crippen LogP contribution in [0.15, 0.2) is 22.7 Å². The van der Waals surface area contributed by atoms with Gasteiger partial charge in [-0.3, -0.25) is 14.4 Å². The molecule has 29 heavy (non-hydrogen) atoms. The number of halogens is 1. The third-order valence-corrected chi connectivity index (χ3v) is 11.4. The smallest absolute Gasteiger partial charge is 0.314 e. The molecule has 3 aliphatic rings. The van der Waals surface area contributed by atoms with Gasteiger partial charge in [-0.15, -0.1) is 0 Å². The molecule has 5 atom stereocenters. The van der Waals surface area contributed by atoms with E-state index in [1.54, 1.807) is 51.1 Å². The van der Waals surface area contributed by atoms with Crippen LogP contribution in [0.3, 0.4) is 0 Å². The Labute approximate surface area is 184 Å². The van der Waals surface area contributed by atoms with Crippen LogP contribution in [0.1, 0.15) is 31.9 Å². The zero-order valence-corrected chi connectivity index (χ0v) is 19.9. The van der Waals surface area contributed by atoms with Crippen LogP contribution in [0.25, 0.3) is 0 Å². The summed E-state index contributed by atoms with van der Waals surface area (Å²) in [6.07, 6.45) is 0.123. The van der Waals surface area contributed by atoms with E-state index in [0.29, 0.717) is 15.8 Å². The number of methoxy groups -OCH3 is 2. The molecule has 156 valence electrons. The Morgan fingerprint density at radius 3 is 2.52 bits per heavy atom. The summed E-state index contributed by atoms with van der Waals surface area (Å²) >= 11 is 9.36. The molecule has 3 aliphatic heterocycles. The summed E-state index contributed by atoms with van der Waals surface area (Å²) in [6, 6.07) is 4.65. The summed E-state index contributed by atoms with van der Waals surface area (Å²) in [4.78, 5) is 40.8. The number of fused-ring (bicyclic) bond motifs is 1. The van der Waals surface area contributed by atoms with Crippen LogP contribution in [0.5, 0.6) is 5.75 Å². The number of esters is 1. The average Bonchev–Trinajstić information content (AvgIpc) is 3.14. The number of rotatable bonds is 3. The van der Waals surface area contributed by atoms with Gasteiger partial charge in [-0.2, -0.15) is 0 Å². The lowest BCUT2D eigenvalue weighted by Gasteiger charge is -2.40. The highest BCUT2D eigenvalue weighted by molar-refractivity contribution is 9.10. The molecule has 1 aromatic rings. The first kappa shape index (κ1) is 20.7. The van der Waals surface area contributed by atoms with Gasteiger partial charge in [0, 0.05) is 17.9 Å². The van der Waals surface area contributed by atoms with Crippen LogP contribution < -0.4 is 4.74 Å². The Hall–Kier alpha value is -1.52. The number of benzene rings is 1. The van der Waals surface area contributed by atoms with Crippen LogP contribution in [-0.2, 0) is 39.8 Å². The fourth-order valence-corrected chi connectivity index (χ4v) is 8.96. The van der Waals surface area contributed by atoms with E-state index < -0.39 is 36.6 Å². The lowest BCUT2D eigenvalue weighted by atomic mass is 9.78. The predicted molar refractivity (Wildman–Crippen MR) is 114 cm³/mol. The molecule has 3 heterocycles. The largest absolute Gasteiger partial charge is 0.497 e. The van der Waals surface area contributed by atoms with Gasteiger partial charge in [0.25, 0.3) is 11.8 Å². The Morgan fingerprint density at radius 2 is 1.93 bits per heavy atom. The fourth-order valence-electron chi connectivity index (χ4n) is 4.98. The summed E-state index contributed by atoms with van der Waals surface area (Å²) in [5.74, 6) is -0.343. The zero-order valence-electron chi connectivity index (χ0n) is 16.6. The highest BCUT2D eigenvalue weighted by atomic mass is 79.9. The maximum absolute atomic E-state index is 13.7.